The first kappa shape index (κ1) is 17.4. The second-order valence-corrected chi connectivity index (χ2v) is 6.06. The SMILES string of the molecule is CC(Oc1cccc(CO)c1)C(=O)N1CCc2c(F)ccc(F)c2C1. The van der Waals surface area contributed by atoms with Gasteiger partial charge in [-0.25, -0.2) is 8.78 Å². The first-order chi connectivity index (χ1) is 12.0. The zero-order chi connectivity index (χ0) is 18.0. The fraction of sp³-hybridized carbons (Fsp3) is 0.316. The Morgan fingerprint density at radius 2 is 1.96 bits per heavy atom. The van der Waals surface area contributed by atoms with E-state index >= 15 is 0 Å². The van der Waals surface area contributed by atoms with Gasteiger partial charge in [-0.3, -0.25) is 4.79 Å². The summed E-state index contributed by atoms with van der Waals surface area (Å²) in [6.07, 6.45) is -0.496. The Labute approximate surface area is 144 Å². The third-order valence-electron chi connectivity index (χ3n) is 4.35. The maximum absolute atomic E-state index is 14.0. The number of fused-ring (bicyclic) bond motifs is 1. The summed E-state index contributed by atoms with van der Waals surface area (Å²) in [5.74, 6) is -0.752. The molecule has 2 aromatic carbocycles. The van der Waals surface area contributed by atoms with Crippen LogP contribution in [0.4, 0.5) is 8.78 Å². The predicted molar refractivity (Wildman–Crippen MR) is 87.9 cm³/mol. The van der Waals surface area contributed by atoms with E-state index in [2.05, 4.69) is 0 Å². The number of carbonyl (C=O) groups is 1. The van der Waals surface area contributed by atoms with E-state index in [4.69, 9.17) is 9.84 Å². The molecule has 1 atom stereocenters. The van der Waals surface area contributed by atoms with E-state index in [1.165, 1.54) is 4.90 Å². The van der Waals surface area contributed by atoms with Crippen LogP contribution < -0.4 is 4.74 Å². The van der Waals surface area contributed by atoms with Gasteiger partial charge in [0.25, 0.3) is 5.91 Å². The number of amides is 1. The smallest absolute Gasteiger partial charge is 0.263 e. The molecular formula is C19H19F2NO3. The van der Waals surface area contributed by atoms with Crippen LogP contribution in [0, 0.1) is 11.6 Å². The molecule has 1 amide bonds. The van der Waals surface area contributed by atoms with Crippen LogP contribution in [0.15, 0.2) is 36.4 Å². The second kappa shape index (κ2) is 7.19. The van der Waals surface area contributed by atoms with Crippen LogP contribution in [0.25, 0.3) is 0 Å². The molecule has 132 valence electrons. The van der Waals surface area contributed by atoms with Crippen LogP contribution >= 0.6 is 0 Å². The second-order valence-electron chi connectivity index (χ2n) is 6.06. The molecule has 1 heterocycles. The molecule has 0 radical (unpaired) electrons. The first-order valence-electron chi connectivity index (χ1n) is 8.10. The number of hydrogen-bond acceptors (Lipinski definition) is 3. The van der Waals surface area contributed by atoms with Crippen molar-refractivity contribution in [3.63, 3.8) is 0 Å². The molecule has 0 fully saturated rings. The van der Waals surface area contributed by atoms with Crippen molar-refractivity contribution in [2.45, 2.75) is 32.6 Å². The molecule has 3 rings (SSSR count). The van der Waals surface area contributed by atoms with Crippen molar-refractivity contribution in [3.8, 4) is 5.75 Å². The normalized spacial score (nSPS) is 14.8. The third kappa shape index (κ3) is 3.64. The fourth-order valence-electron chi connectivity index (χ4n) is 3.01. The molecule has 0 aliphatic carbocycles. The van der Waals surface area contributed by atoms with Gasteiger partial charge in [0, 0.05) is 18.7 Å². The summed E-state index contributed by atoms with van der Waals surface area (Å²) in [6.45, 7) is 1.84. The Balaban J connectivity index is 1.71. The van der Waals surface area contributed by atoms with Gasteiger partial charge >= 0.3 is 0 Å². The van der Waals surface area contributed by atoms with Crippen LogP contribution in [0.5, 0.6) is 5.75 Å². The Kier molecular flexibility index (Phi) is 4.99. The monoisotopic (exact) mass is 347 g/mol. The van der Waals surface area contributed by atoms with Crippen molar-refractivity contribution in [1.29, 1.82) is 0 Å². The van der Waals surface area contributed by atoms with E-state index in [9.17, 15) is 13.6 Å². The van der Waals surface area contributed by atoms with Gasteiger partial charge in [0.15, 0.2) is 6.10 Å². The van der Waals surface area contributed by atoms with Crippen molar-refractivity contribution >= 4 is 5.91 Å². The molecule has 0 saturated heterocycles. The molecule has 0 saturated carbocycles. The third-order valence-corrected chi connectivity index (χ3v) is 4.35. The lowest BCUT2D eigenvalue weighted by atomic mass is 9.98. The number of hydrogen-bond donors (Lipinski definition) is 1. The zero-order valence-electron chi connectivity index (χ0n) is 13.8. The van der Waals surface area contributed by atoms with Crippen molar-refractivity contribution in [1.82, 2.24) is 4.90 Å². The molecule has 1 aliphatic rings. The minimum absolute atomic E-state index is 0.0299. The van der Waals surface area contributed by atoms with E-state index in [0.717, 1.165) is 12.1 Å². The molecular weight excluding hydrogens is 328 g/mol. The van der Waals surface area contributed by atoms with Gasteiger partial charge in [0.1, 0.15) is 17.4 Å². The minimum atomic E-state index is -0.771. The van der Waals surface area contributed by atoms with Crippen LogP contribution in [0.1, 0.15) is 23.6 Å². The number of ether oxygens (including phenoxy) is 1. The van der Waals surface area contributed by atoms with E-state index in [0.29, 0.717) is 23.4 Å². The Morgan fingerprint density at radius 1 is 1.24 bits per heavy atom. The number of aliphatic hydroxyl groups excluding tert-OH is 1. The molecule has 2 aromatic rings. The number of halogens is 2. The van der Waals surface area contributed by atoms with Crippen LogP contribution in [0.3, 0.4) is 0 Å². The van der Waals surface area contributed by atoms with Crippen LogP contribution in [-0.4, -0.2) is 28.6 Å². The van der Waals surface area contributed by atoms with Crippen LogP contribution in [-0.2, 0) is 24.4 Å². The standard InChI is InChI=1S/C19H19F2NO3/c1-12(25-14-4-2-3-13(9-14)11-23)19(24)22-8-7-15-16(10-22)18(21)6-5-17(15)20/h2-6,9,12,23H,7-8,10-11H2,1H3. The Bertz CT molecular complexity index is 794. The van der Waals surface area contributed by atoms with Crippen molar-refractivity contribution in [3.05, 3.63) is 64.7 Å². The van der Waals surface area contributed by atoms with Crippen molar-refractivity contribution in [2.24, 2.45) is 0 Å². The molecule has 4 nitrogen and oxygen atoms in total. The average Bonchev–Trinajstić information content (AvgIpc) is 2.64. The van der Waals surface area contributed by atoms with Gasteiger partial charge in [-0.15, -0.1) is 0 Å². The van der Waals surface area contributed by atoms with Gasteiger partial charge in [-0.1, -0.05) is 12.1 Å². The molecule has 1 unspecified atom stereocenters. The summed E-state index contributed by atoms with van der Waals surface area (Å²) in [5, 5.41) is 9.15. The molecule has 25 heavy (non-hydrogen) atoms. The highest BCUT2D eigenvalue weighted by Gasteiger charge is 2.28. The summed E-state index contributed by atoms with van der Waals surface area (Å²) in [6, 6.07) is 9.04. The largest absolute Gasteiger partial charge is 0.481 e. The Morgan fingerprint density at radius 3 is 2.68 bits per heavy atom. The number of benzene rings is 2. The van der Waals surface area contributed by atoms with Gasteiger partial charge in [0.2, 0.25) is 0 Å². The highest BCUT2D eigenvalue weighted by molar-refractivity contribution is 5.81. The van der Waals surface area contributed by atoms with Crippen LogP contribution in [0.2, 0.25) is 0 Å². The summed E-state index contributed by atoms with van der Waals surface area (Å²) >= 11 is 0. The quantitative estimate of drug-likeness (QED) is 0.925. The maximum Gasteiger partial charge on any atom is 0.263 e. The van der Waals surface area contributed by atoms with Gasteiger partial charge in [-0.05, 0) is 48.7 Å². The van der Waals surface area contributed by atoms with Crippen molar-refractivity contribution < 1.29 is 23.4 Å². The molecule has 1 N–H and O–H groups in total. The molecule has 0 aromatic heterocycles. The lowest BCUT2D eigenvalue weighted by Crippen LogP contribution is -2.43. The van der Waals surface area contributed by atoms with E-state index < -0.39 is 17.7 Å². The topological polar surface area (TPSA) is 49.8 Å². The number of nitrogens with zero attached hydrogens (tertiary/aromatic N) is 1. The molecule has 6 heteroatoms. The molecule has 0 bridgehead atoms. The average molecular weight is 347 g/mol. The number of carbonyl (C=O) groups excluding carboxylic acids is 1. The van der Waals surface area contributed by atoms with E-state index in [-0.39, 0.29) is 31.0 Å². The van der Waals surface area contributed by atoms with Gasteiger partial charge in [-0.2, -0.15) is 0 Å². The summed E-state index contributed by atoms with van der Waals surface area (Å²) < 4.78 is 33.4. The molecule has 0 spiro atoms. The fourth-order valence-corrected chi connectivity index (χ4v) is 3.01. The number of aliphatic hydroxyl groups is 1. The van der Waals surface area contributed by atoms with Gasteiger partial charge in [0.05, 0.1) is 6.61 Å². The minimum Gasteiger partial charge on any atom is -0.481 e. The lowest BCUT2D eigenvalue weighted by Gasteiger charge is -2.31. The van der Waals surface area contributed by atoms with E-state index in [1.807, 2.05) is 0 Å². The van der Waals surface area contributed by atoms with Crippen molar-refractivity contribution in [2.75, 3.05) is 6.54 Å². The highest BCUT2D eigenvalue weighted by atomic mass is 19.1. The maximum atomic E-state index is 14.0. The Hall–Kier alpha value is -2.47. The first-order valence-corrected chi connectivity index (χ1v) is 8.10. The predicted octanol–water partition coefficient (Wildman–Crippen LogP) is 2.81. The van der Waals surface area contributed by atoms with Gasteiger partial charge < -0.3 is 14.7 Å². The summed E-state index contributed by atoms with van der Waals surface area (Å²) in [4.78, 5) is 14.1. The number of rotatable bonds is 4. The van der Waals surface area contributed by atoms with E-state index in [1.54, 1.807) is 31.2 Å². The molecule has 1 aliphatic heterocycles. The summed E-state index contributed by atoms with van der Waals surface area (Å²) in [7, 11) is 0. The lowest BCUT2D eigenvalue weighted by molar-refractivity contribution is -0.139. The zero-order valence-corrected chi connectivity index (χ0v) is 13.8. The summed E-state index contributed by atoms with van der Waals surface area (Å²) in [5.41, 5.74) is 1.25. The highest BCUT2D eigenvalue weighted by Crippen LogP contribution is 2.25.